The second-order valence-electron chi connectivity index (χ2n) is 6.86. The molecule has 0 N–H and O–H groups in total. The molecule has 1 aromatic heterocycles. The predicted octanol–water partition coefficient (Wildman–Crippen LogP) is 6.10. The lowest BCUT2D eigenvalue weighted by Crippen LogP contribution is -2.21. The molecule has 3 rings (SSSR count). The summed E-state index contributed by atoms with van der Waals surface area (Å²) in [7, 11) is 6.25. The fraction of sp³-hybridized carbons (Fsp3) is 0.286. The van der Waals surface area contributed by atoms with Crippen LogP contribution in [0.25, 0.3) is 22.5 Å². The van der Waals surface area contributed by atoms with Gasteiger partial charge in [-0.05, 0) is 38.4 Å². The van der Waals surface area contributed by atoms with E-state index in [1.165, 1.54) is 0 Å². The molecule has 0 aliphatic carbocycles. The highest BCUT2D eigenvalue weighted by molar-refractivity contribution is 7.99. The van der Waals surface area contributed by atoms with E-state index in [1.54, 1.807) is 11.8 Å². The van der Waals surface area contributed by atoms with Gasteiger partial charge in [0.25, 0.3) is 0 Å². The van der Waals surface area contributed by atoms with Crippen LogP contribution >= 0.6 is 35.0 Å². The van der Waals surface area contributed by atoms with E-state index < -0.39 is 0 Å². The highest BCUT2D eigenvalue weighted by atomic mass is 35.5. The number of rotatable bonds is 6. The zero-order valence-corrected chi connectivity index (χ0v) is 18.2. The summed E-state index contributed by atoms with van der Waals surface area (Å²) in [4.78, 5) is 7.18. The summed E-state index contributed by atoms with van der Waals surface area (Å²) in [5, 5.41) is 2.87. The van der Waals surface area contributed by atoms with Gasteiger partial charge in [-0.3, -0.25) is 0 Å². The monoisotopic (exact) mass is 419 g/mol. The van der Waals surface area contributed by atoms with Gasteiger partial charge in [0, 0.05) is 40.0 Å². The normalized spacial score (nSPS) is 12.6. The Hall–Kier alpha value is -1.46. The number of aromatic nitrogens is 2. The van der Waals surface area contributed by atoms with Crippen LogP contribution in [-0.4, -0.2) is 40.3 Å². The lowest BCUT2D eigenvalue weighted by atomic mass is 10.0. The molecule has 27 heavy (non-hydrogen) atoms. The van der Waals surface area contributed by atoms with Crippen LogP contribution in [0.15, 0.2) is 53.7 Å². The van der Waals surface area contributed by atoms with Crippen LogP contribution in [0, 0.1) is 0 Å². The first-order valence-corrected chi connectivity index (χ1v) is 10.4. The quantitative estimate of drug-likeness (QED) is 0.450. The standard InChI is InChI=1S/C21H23Cl2N3S/c1-14(13-25(2)3)27-21-24-19(15-5-9-17(22)10-6-15)20(26(21)4)16-7-11-18(23)12-8-16/h5-12,14H,13H2,1-4H3. The summed E-state index contributed by atoms with van der Waals surface area (Å²) < 4.78 is 2.17. The Morgan fingerprint density at radius 3 is 2.00 bits per heavy atom. The van der Waals surface area contributed by atoms with Gasteiger partial charge in [0.1, 0.15) is 0 Å². The molecule has 0 saturated heterocycles. The minimum absolute atomic E-state index is 0.428. The van der Waals surface area contributed by atoms with Gasteiger partial charge in [-0.2, -0.15) is 0 Å². The molecule has 1 atom stereocenters. The van der Waals surface area contributed by atoms with Gasteiger partial charge in [-0.1, -0.05) is 66.2 Å². The van der Waals surface area contributed by atoms with Crippen molar-refractivity contribution >= 4 is 35.0 Å². The van der Waals surface area contributed by atoms with Crippen molar-refractivity contribution in [3.8, 4) is 22.5 Å². The second-order valence-corrected chi connectivity index (χ2v) is 9.13. The third-order valence-corrected chi connectivity index (χ3v) is 5.85. The van der Waals surface area contributed by atoms with E-state index in [2.05, 4.69) is 37.5 Å². The van der Waals surface area contributed by atoms with E-state index in [0.717, 1.165) is 44.3 Å². The number of thioether (sulfide) groups is 1. The summed E-state index contributed by atoms with van der Waals surface area (Å²) in [5.41, 5.74) is 4.17. The topological polar surface area (TPSA) is 21.1 Å². The molecule has 0 aliphatic rings. The average Bonchev–Trinajstić information content (AvgIpc) is 2.92. The lowest BCUT2D eigenvalue weighted by Gasteiger charge is -2.16. The van der Waals surface area contributed by atoms with Crippen molar-refractivity contribution in [2.45, 2.75) is 17.3 Å². The first-order valence-electron chi connectivity index (χ1n) is 8.75. The molecule has 1 heterocycles. The molecule has 142 valence electrons. The SMILES string of the molecule is CC(CN(C)C)Sc1nc(-c2ccc(Cl)cc2)c(-c2ccc(Cl)cc2)n1C. The number of nitrogens with zero attached hydrogens (tertiary/aromatic N) is 3. The molecule has 0 fully saturated rings. The Morgan fingerprint density at radius 2 is 1.48 bits per heavy atom. The Bertz CT molecular complexity index is 902. The summed E-state index contributed by atoms with van der Waals surface area (Å²) in [6, 6.07) is 15.7. The zero-order valence-electron chi connectivity index (χ0n) is 15.9. The molecule has 3 aromatic rings. The largest absolute Gasteiger partial charge is 0.322 e. The van der Waals surface area contributed by atoms with Crippen LogP contribution in [0.5, 0.6) is 0 Å². The molecule has 3 nitrogen and oxygen atoms in total. The molecule has 0 aliphatic heterocycles. The fourth-order valence-corrected chi connectivity index (χ4v) is 4.44. The molecule has 6 heteroatoms. The first-order chi connectivity index (χ1) is 12.8. The van der Waals surface area contributed by atoms with E-state index in [4.69, 9.17) is 28.2 Å². The first kappa shape index (κ1) is 20.3. The number of hydrogen-bond donors (Lipinski definition) is 0. The number of imidazole rings is 1. The van der Waals surface area contributed by atoms with Crippen LogP contribution in [0.2, 0.25) is 10.0 Å². The fourth-order valence-electron chi connectivity index (χ4n) is 3.06. The summed E-state index contributed by atoms with van der Waals surface area (Å²) in [6.07, 6.45) is 0. The van der Waals surface area contributed by atoms with Gasteiger partial charge < -0.3 is 9.47 Å². The van der Waals surface area contributed by atoms with Gasteiger partial charge in [0.05, 0.1) is 11.4 Å². The third kappa shape index (κ3) is 4.88. The maximum Gasteiger partial charge on any atom is 0.169 e. The van der Waals surface area contributed by atoms with E-state index in [0.29, 0.717) is 5.25 Å². The van der Waals surface area contributed by atoms with Crippen molar-refractivity contribution in [1.29, 1.82) is 0 Å². The van der Waals surface area contributed by atoms with Gasteiger partial charge in [-0.25, -0.2) is 4.98 Å². The van der Waals surface area contributed by atoms with Crippen molar-refractivity contribution < 1.29 is 0 Å². The van der Waals surface area contributed by atoms with Crippen LogP contribution in [0.4, 0.5) is 0 Å². The minimum Gasteiger partial charge on any atom is -0.322 e. The molecular formula is C21H23Cl2N3S. The van der Waals surface area contributed by atoms with E-state index >= 15 is 0 Å². The molecule has 1 unspecified atom stereocenters. The van der Waals surface area contributed by atoms with Crippen LogP contribution in [0.1, 0.15) is 6.92 Å². The maximum absolute atomic E-state index is 6.09. The van der Waals surface area contributed by atoms with Crippen molar-refractivity contribution in [2.24, 2.45) is 7.05 Å². The summed E-state index contributed by atoms with van der Waals surface area (Å²) in [5.74, 6) is 0. The molecular weight excluding hydrogens is 397 g/mol. The number of halogens is 2. The number of hydrogen-bond acceptors (Lipinski definition) is 3. The zero-order chi connectivity index (χ0) is 19.6. The maximum atomic E-state index is 6.09. The smallest absolute Gasteiger partial charge is 0.169 e. The van der Waals surface area contributed by atoms with Crippen LogP contribution in [-0.2, 0) is 7.05 Å². The van der Waals surface area contributed by atoms with Crippen molar-refractivity contribution in [1.82, 2.24) is 14.5 Å². The molecule has 0 saturated carbocycles. The van der Waals surface area contributed by atoms with Gasteiger partial charge >= 0.3 is 0 Å². The van der Waals surface area contributed by atoms with E-state index in [9.17, 15) is 0 Å². The molecule has 0 radical (unpaired) electrons. The second kappa shape index (κ2) is 8.70. The van der Waals surface area contributed by atoms with E-state index in [1.807, 2.05) is 48.5 Å². The highest BCUT2D eigenvalue weighted by Gasteiger charge is 2.20. The Balaban J connectivity index is 2.08. The van der Waals surface area contributed by atoms with Crippen molar-refractivity contribution in [2.75, 3.05) is 20.6 Å². The molecule has 0 amide bonds. The predicted molar refractivity (Wildman–Crippen MR) is 118 cm³/mol. The summed E-state index contributed by atoms with van der Waals surface area (Å²) in [6.45, 7) is 3.22. The van der Waals surface area contributed by atoms with Crippen molar-refractivity contribution in [3.05, 3.63) is 58.6 Å². The van der Waals surface area contributed by atoms with Crippen LogP contribution < -0.4 is 0 Å². The molecule has 2 aromatic carbocycles. The molecule has 0 bridgehead atoms. The minimum atomic E-state index is 0.428. The van der Waals surface area contributed by atoms with Gasteiger partial charge in [0.2, 0.25) is 0 Å². The molecule has 0 spiro atoms. The Kier molecular flexibility index (Phi) is 6.53. The third-order valence-electron chi connectivity index (χ3n) is 4.22. The van der Waals surface area contributed by atoms with Gasteiger partial charge in [0.15, 0.2) is 5.16 Å². The average molecular weight is 420 g/mol. The van der Waals surface area contributed by atoms with Crippen molar-refractivity contribution in [3.63, 3.8) is 0 Å². The lowest BCUT2D eigenvalue weighted by molar-refractivity contribution is 0.413. The Morgan fingerprint density at radius 1 is 0.963 bits per heavy atom. The highest BCUT2D eigenvalue weighted by Crippen LogP contribution is 2.37. The van der Waals surface area contributed by atoms with E-state index in [-0.39, 0.29) is 0 Å². The van der Waals surface area contributed by atoms with Gasteiger partial charge in [-0.15, -0.1) is 0 Å². The number of benzene rings is 2. The summed E-state index contributed by atoms with van der Waals surface area (Å²) >= 11 is 14.0. The van der Waals surface area contributed by atoms with Crippen LogP contribution in [0.3, 0.4) is 0 Å². The Labute approximate surface area is 175 Å².